The van der Waals surface area contributed by atoms with Crippen molar-refractivity contribution >= 4 is 5.78 Å². The summed E-state index contributed by atoms with van der Waals surface area (Å²) < 4.78 is 0. The summed E-state index contributed by atoms with van der Waals surface area (Å²) in [6.45, 7) is 7.82. The van der Waals surface area contributed by atoms with Gasteiger partial charge < -0.3 is 0 Å². The Hall–Kier alpha value is -0.590. The zero-order chi connectivity index (χ0) is 9.40. The van der Waals surface area contributed by atoms with Gasteiger partial charge in [-0.15, -0.1) is 6.58 Å². The van der Waals surface area contributed by atoms with Crippen LogP contribution in [0.4, 0.5) is 0 Å². The van der Waals surface area contributed by atoms with Crippen LogP contribution in [0.2, 0.25) is 0 Å². The number of hydrogen-bond acceptors (Lipinski definition) is 1. The van der Waals surface area contributed by atoms with E-state index in [9.17, 15) is 4.79 Å². The van der Waals surface area contributed by atoms with Gasteiger partial charge in [-0.2, -0.15) is 0 Å². The van der Waals surface area contributed by atoms with Crippen molar-refractivity contribution < 1.29 is 4.79 Å². The van der Waals surface area contributed by atoms with Crippen LogP contribution < -0.4 is 0 Å². The van der Waals surface area contributed by atoms with Gasteiger partial charge in [0, 0.05) is 12.3 Å². The number of Topliss-reactive ketones (excluding diaryl/α,β-unsaturated/α-hetero) is 1. The van der Waals surface area contributed by atoms with Crippen LogP contribution in [0.1, 0.15) is 46.0 Å². The number of carbonyl (C=O) groups is 1. The van der Waals surface area contributed by atoms with Crippen LogP contribution in [0, 0.1) is 5.92 Å². The molecule has 0 heterocycles. The fraction of sp³-hybridized carbons (Fsp3) is 0.727. The Morgan fingerprint density at radius 3 is 2.58 bits per heavy atom. The summed E-state index contributed by atoms with van der Waals surface area (Å²) in [7, 11) is 0. The molecule has 1 unspecified atom stereocenters. The molecule has 0 aliphatic heterocycles. The highest BCUT2D eigenvalue weighted by atomic mass is 16.1. The van der Waals surface area contributed by atoms with Crippen molar-refractivity contribution in [1.29, 1.82) is 0 Å². The third-order valence-corrected chi connectivity index (χ3v) is 2.20. The van der Waals surface area contributed by atoms with Crippen LogP contribution in [0.5, 0.6) is 0 Å². The third-order valence-electron chi connectivity index (χ3n) is 2.20. The molecular weight excluding hydrogens is 148 g/mol. The van der Waals surface area contributed by atoms with Gasteiger partial charge in [-0.1, -0.05) is 32.8 Å². The number of ketones is 1. The SMILES string of the molecule is C=CCC(=O)C(CC)CCCC. The number of unbranched alkanes of at least 4 members (excludes halogenated alkanes) is 1. The highest BCUT2D eigenvalue weighted by Gasteiger charge is 2.13. The zero-order valence-corrected chi connectivity index (χ0v) is 8.31. The first-order valence-electron chi connectivity index (χ1n) is 4.89. The van der Waals surface area contributed by atoms with Gasteiger partial charge >= 0.3 is 0 Å². The van der Waals surface area contributed by atoms with Gasteiger partial charge in [0.15, 0.2) is 0 Å². The Labute approximate surface area is 75.9 Å². The fourth-order valence-corrected chi connectivity index (χ4v) is 1.35. The lowest BCUT2D eigenvalue weighted by molar-refractivity contribution is -0.122. The maximum Gasteiger partial charge on any atom is 0.139 e. The molecule has 0 aliphatic carbocycles. The molecule has 0 fully saturated rings. The van der Waals surface area contributed by atoms with E-state index in [0.717, 1.165) is 12.8 Å². The molecule has 12 heavy (non-hydrogen) atoms. The van der Waals surface area contributed by atoms with Crippen molar-refractivity contribution in [3.05, 3.63) is 12.7 Å². The van der Waals surface area contributed by atoms with E-state index in [1.807, 2.05) is 0 Å². The quantitative estimate of drug-likeness (QED) is 0.533. The first-order valence-corrected chi connectivity index (χ1v) is 4.89. The standard InChI is InChI=1S/C11H20O/c1-4-7-9-10(6-3)11(12)8-5-2/h5,10H,2,4,6-9H2,1,3H3. The molecule has 1 atom stereocenters. The van der Waals surface area contributed by atoms with Gasteiger partial charge in [-0.05, 0) is 12.8 Å². The molecule has 0 saturated carbocycles. The van der Waals surface area contributed by atoms with E-state index in [1.54, 1.807) is 6.08 Å². The van der Waals surface area contributed by atoms with Crippen LogP contribution >= 0.6 is 0 Å². The monoisotopic (exact) mass is 168 g/mol. The second-order valence-corrected chi connectivity index (χ2v) is 3.21. The van der Waals surface area contributed by atoms with Crippen LogP contribution in [0.25, 0.3) is 0 Å². The minimum Gasteiger partial charge on any atom is -0.299 e. The average Bonchev–Trinajstić information content (AvgIpc) is 2.06. The maximum atomic E-state index is 11.4. The molecule has 1 heteroatoms. The molecule has 0 spiro atoms. The van der Waals surface area contributed by atoms with Gasteiger partial charge in [-0.25, -0.2) is 0 Å². The van der Waals surface area contributed by atoms with E-state index < -0.39 is 0 Å². The number of allylic oxidation sites excluding steroid dienone is 1. The number of carbonyl (C=O) groups excluding carboxylic acids is 1. The topological polar surface area (TPSA) is 17.1 Å². The summed E-state index contributed by atoms with van der Waals surface area (Å²) in [4.78, 5) is 11.4. The molecule has 0 saturated heterocycles. The highest BCUT2D eigenvalue weighted by Crippen LogP contribution is 2.15. The second-order valence-electron chi connectivity index (χ2n) is 3.21. The van der Waals surface area contributed by atoms with E-state index in [1.165, 1.54) is 12.8 Å². The Balaban J connectivity index is 3.78. The lowest BCUT2D eigenvalue weighted by Crippen LogP contribution is -2.12. The zero-order valence-electron chi connectivity index (χ0n) is 8.31. The lowest BCUT2D eigenvalue weighted by Gasteiger charge is -2.11. The molecular formula is C11H20O. The van der Waals surface area contributed by atoms with Gasteiger partial charge in [0.05, 0.1) is 0 Å². The molecule has 0 aromatic rings. The van der Waals surface area contributed by atoms with E-state index in [2.05, 4.69) is 20.4 Å². The summed E-state index contributed by atoms with van der Waals surface area (Å²) in [5.74, 6) is 0.643. The van der Waals surface area contributed by atoms with Crippen LogP contribution in [0.3, 0.4) is 0 Å². The maximum absolute atomic E-state index is 11.4. The summed E-state index contributed by atoms with van der Waals surface area (Å²) in [6.07, 6.45) is 6.63. The van der Waals surface area contributed by atoms with Crippen LogP contribution in [-0.2, 0) is 4.79 Å². The number of rotatable bonds is 7. The molecule has 0 rings (SSSR count). The number of hydrogen-bond donors (Lipinski definition) is 0. The van der Waals surface area contributed by atoms with Crippen LogP contribution in [0.15, 0.2) is 12.7 Å². The normalized spacial score (nSPS) is 12.5. The molecule has 0 radical (unpaired) electrons. The minimum absolute atomic E-state index is 0.281. The lowest BCUT2D eigenvalue weighted by atomic mass is 9.93. The van der Waals surface area contributed by atoms with E-state index in [-0.39, 0.29) is 5.92 Å². The minimum atomic E-state index is 0.281. The fourth-order valence-electron chi connectivity index (χ4n) is 1.35. The Kier molecular flexibility index (Phi) is 6.73. The summed E-state index contributed by atoms with van der Waals surface area (Å²) in [5, 5.41) is 0. The molecule has 0 N–H and O–H groups in total. The molecule has 0 aromatic carbocycles. The largest absolute Gasteiger partial charge is 0.299 e. The summed E-state index contributed by atoms with van der Waals surface area (Å²) in [6, 6.07) is 0. The first kappa shape index (κ1) is 11.4. The van der Waals surface area contributed by atoms with Gasteiger partial charge in [0.25, 0.3) is 0 Å². The van der Waals surface area contributed by atoms with Gasteiger partial charge in [0.1, 0.15) is 5.78 Å². The molecule has 0 aliphatic rings. The predicted octanol–water partition coefficient (Wildman–Crippen LogP) is 3.35. The Bertz CT molecular complexity index is 138. The van der Waals surface area contributed by atoms with Gasteiger partial charge in [-0.3, -0.25) is 4.79 Å². The molecule has 0 amide bonds. The van der Waals surface area contributed by atoms with Crippen LogP contribution in [-0.4, -0.2) is 5.78 Å². The Morgan fingerprint density at radius 2 is 2.17 bits per heavy atom. The van der Waals surface area contributed by atoms with E-state index in [0.29, 0.717) is 12.2 Å². The van der Waals surface area contributed by atoms with Crippen molar-refractivity contribution in [1.82, 2.24) is 0 Å². The van der Waals surface area contributed by atoms with Crippen molar-refractivity contribution in [2.24, 2.45) is 5.92 Å². The predicted molar refractivity (Wildman–Crippen MR) is 53.1 cm³/mol. The van der Waals surface area contributed by atoms with E-state index in [4.69, 9.17) is 0 Å². The second kappa shape index (κ2) is 7.08. The van der Waals surface area contributed by atoms with E-state index >= 15 is 0 Å². The molecule has 70 valence electrons. The Morgan fingerprint density at radius 1 is 1.50 bits per heavy atom. The van der Waals surface area contributed by atoms with Crippen molar-refractivity contribution in [2.75, 3.05) is 0 Å². The third kappa shape index (κ3) is 4.32. The molecule has 1 nitrogen and oxygen atoms in total. The van der Waals surface area contributed by atoms with Crippen molar-refractivity contribution in [2.45, 2.75) is 46.0 Å². The van der Waals surface area contributed by atoms with Gasteiger partial charge in [0.2, 0.25) is 0 Å². The average molecular weight is 168 g/mol. The first-order chi connectivity index (χ1) is 5.76. The molecule has 0 bridgehead atoms. The van der Waals surface area contributed by atoms with Crippen molar-refractivity contribution in [3.8, 4) is 0 Å². The summed E-state index contributed by atoms with van der Waals surface area (Å²) in [5.41, 5.74) is 0. The summed E-state index contributed by atoms with van der Waals surface area (Å²) >= 11 is 0. The smallest absolute Gasteiger partial charge is 0.139 e. The molecule has 0 aromatic heterocycles. The highest BCUT2D eigenvalue weighted by molar-refractivity contribution is 5.82. The van der Waals surface area contributed by atoms with Crippen molar-refractivity contribution in [3.63, 3.8) is 0 Å².